The van der Waals surface area contributed by atoms with E-state index in [4.69, 9.17) is 16.3 Å². The van der Waals surface area contributed by atoms with E-state index in [0.717, 1.165) is 22.8 Å². The maximum atomic E-state index is 5.86. The predicted molar refractivity (Wildman–Crippen MR) is 86.7 cm³/mol. The molecular weight excluding hydrogens is 284 g/mol. The molecule has 0 bridgehead atoms. The van der Waals surface area contributed by atoms with Crippen LogP contribution in [0.25, 0.3) is 0 Å². The van der Waals surface area contributed by atoms with Gasteiger partial charge in [0.15, 0.2) is 0 Å². The molecule has 2 aromatic rings. The number of aromatic nitrogens is 1. The van der Waals surface area contributed by atoms with E-state index in [1.807, 2.05) is 37.3 Å². The number of hydrogen-bond acceptors (Lipinski definition) is 3. The van der Waals surface area contributed by atoms with Crippen LogP contribution in [0.15, 0.2) is 36.4 Å². The Morgan fingerprint density at radius 1 is 1.14 bits per heavy atom. The molecule has 0 spiro atoms. The van der Waals surface area contributed by atoms with Gasteiger partial charge in [0.2, 0.25) is 5.88 Å². The number of hydrogen-bond donors (Lipinski definition) is 1. The van der Waals surface area contributed by atoms with Crippen molar-refractivity contribution < 1.29 is 4.74 Å². The quantitative estimate of drug-likeness (QED) is 0.871. The molecule has 0 saturated carbocycles. The number of ether oxygens (including phenoxy) is 1. The largest absolute Gasteiger partial charge is 0.473 e. The number of aryl methyl sites for hydroxylation is 1. The summed E-state index contributed by atoms with van der Waals surface area (Å²) in [6, 6.07) is 12.1. The van der Waals surface area contributed by atoms with Crippen molar-refractivity contribution in [2.45, 2.75) is 40.0 Å². The van der Waals surface area contributed by atoms with Crippen LogP contribution in [0.2, 0.25) is 5.02 Å². The van der Waals surface area contributed by atoms with Gasteiger partial charge in [-0.15, -0.1) is 0 Å². The normalized spacial score (nSPS) is 10.9. The summed E-state index contributed by atoms with van der Waals surface area (Å²) >= 11 is 5.86. The first-order chi connectivity index (χ1) is 10.0. The van der Waals surface area contributed by atoms with E-state index < -0.39 is 0 Å². The first kappa shape index (κ1) is 15.8. The second kappa shape index (κ2) is 7.43. The van der Waals surface area contributed by atoms with Crippen LogP contribution in [0.5, 0.6) is 5.88 Å². The summed E-state index contributed by atoms with van der Waals surface area (Å²) in [5.74, 6) is 0.649. The van der Waals surface area contributed by atoms with Gasteiger partial charge in [-0.05, 0) is 30.2 Å². The van der Waals surface area contributed by atoms with Crippen molar-refractivity contribution in [3.05, 3.63) is 58.2 Å². The molecule has 0 aliphatic heterocycles. The van der Waals surface area contributed by atoms with Crippen LogP contribution in [-0.2, 0) is 13.2 Å². The lowest BCUT2D eigenvalue weighted by molar-refractivity contribution is 0.293. The molecule has 0 atom stereocenters. The number of benzene rings is 1. The molecule has 0 aliphatic rings. The fourth-order valence-electron chi connectivity index (χ4n) is 1.89. The summed E-state index contributed by atoms with van der Waals surface area (Å²) in [6.07, 6.45) is 0. The topological polar surface area (TPSA) is 34.1 Å². The molecule has 1 N–H and O–H groups in total. The molecule has 4 heteroatoms. The molecular formula is C17H21ClN2O. The Labute approximate surface area is 131 Å². The van der Waals surface area contributed by atoms with Crippen LogP contribution < -0.4 is 10.1 Å². The molecule has 3 nitrogen and oxygen atoms in total. The van der Waals surface area contributed by atoms with Crippen LogP contribution in [0, 0.1) is 6.92 Å². The Morgan fingerprint density at radius 2 is 1.86 bits per heavy atom. The Bertz CT molecular complexity index is 582. The highest BCUT2D eigenvalue weighted by atomic mass is 35.5. The van der Waals surface area contributed by atoms with Gasteiger partial charge in [0.05, 0.1) is 0 Å². The van der Waals surface area contributed by atoms with E-state index in [9.17, 15) is 0 Å². The van der Waals surface area contributed by atoms with Gasteiger partial charge in [-0.3, -0.25) is 0 Å². The van der Waals surface area contributed by atoms with Crippen molar-refractivity contribution in [1.82, 2.24) is 10.3 Å². The van der Waals surface area contributed by atoms with E-state index in [0.29, 0.717) is 18.5 Å². The monoisotopic (exact) mass is 304 g/mol. The fourth-order valence-corrected chi connectivity index (χ4v) is 2.01. The smallest absolute Gasteiger partial charge is 0.213 e. The molecule has 1 aromatic heterocycles. The first-order valence-electron chi connectivity index (χ1n) is 7.12. The third-order valence-corrected chi connectivity index (χ3v) is 3.42. The zero-order chi connectivity index (χ0) is 15.2. The second-order valence-electron chi connectivity index (χ2n) is 5.34. The molecule has 0 unspecified atom stereocenters. The van der Waals surface area contributed by atoms with Gasteiger partial charge in [0, 0.05) is 29.4 Å². The number of nitrogens with one attached hydrogen (secondary N) is 1. The number of nitrogens with zero attached hydrogens (tertiary/aromatic N) is 1. The van der Waals surface area contributed by atoms with Crippen molar-refractivity contribution in [3.8, 4) is 5.88 Å². The molecule has 0 aliphatic carbocycles. The zero-order valence-electron chi connectivity index (χ0n) is 12.7. The Balaban J connectivity index is 1.95. The lowest BCUT2D eigenvalue weighted by Gasteiger charge is -2.12. The summed E-state index contributed by atoms with van der Waals surface area (Å²) in [5.41, 5.74) is 3.27. The highest BCUT2D eigenvalue weighted by molar-refractivity contribution is 6.30. The summed E-state index contributed by atoms with van der Waals surface area (Å²) in [6.45, 7) is 7.59. The molecule has 1 heterocycles. The van der Waals surface area contributed by atoms with E-state index >= 15 is 0 Å². The van der Waals surface area contributed by atoms with Gasteiger partial charge in [-0.1, -0.05) is 43.6 Å². The van der Waals surface area contributed by atoms with Gasteiger partial charge in [-0.2, -0.15) is 0 Å². The van der Waals surface area contributed by atoms with Crippen molar-refractivity contribution >= 4 is 11.6 Å². The number of pyridine rings is 1. The molecule has 21 heavy (non-hydrogen) atoms. The third kappa shape index (κ3) is 5.03. The summed E-state index contributed by atoms with van der Waals surface area (Å²) in [7, 11) is 0. The van der Waals surface area contributed by atoms with Crippen LogP contribution in [0.3, 0.4) is 0 Å². The van der Waals surface area contributed by atoms with Gasteiger partial charge in [0.25, 0.3) is 0 Å². The van der Waals surface area contributed by atoms with Crippen LogP contribution in [-0.4, -0.2) is 11.0 Å². The summed E-state index contributed by atoms with van der Waals surface area (Å²) in [4.78, 5) is 4.50. The molecule has 0 radical (unpaired) electrons. The molecule has 2 rings (SSSR count). The first-order valence-corrected chi connectivity index (χ1v) is 7.49. The molecule has 112 valence electrons. The Morgan fingerprint density at radius 3 is 2.48 bits per heavy atom. The summed E-state index contributed by atoms with van der Waals surface area (Å²) < 4.78 is 5.72. The molecule has 0 amide bonds. The second-order valence-corrected chi connectivity index (χ2v) is 5.78. The molecule has 0 fully saturated rings. The SMILES string of the molecule is Cc1nc(OCc2ccc(Cl)cc2)ccc1CNC(C)C. The lowest BCUT2D eigenvalue weighted by atomic mass is 10.2. The highest BCUT2D eigenvalue weighted by Gasteiger charge is 2.04. The Kier molecular flexibility index (Phi) is 5.59. The molecule has 0 saturated heterocycles. The van der Waals surface area contributed by atoms with Gasteiger partial charge in [0.1, 0.15) is 6.61 Å². The highest BCUT2D eigenvalue weighted by Crippen LogP contribution is 2.15. The van der Waals surface area contributed by atoms with Gasteiger partial charge >= 0.3 is 0 Å². The minimum atomic E-state index is 0.463. The van der Waals surface area contributed by atoms with Crippen LogP contribution >= 0.6 is 11.6 Å². The lowest BCUT2D eigenvalue weighted by Crippen LogP contribution is -2.22. The van der Waals surface area contributed by atoms with Crippen molar-refractivity contribution in [1.29, 1.82) is 0 Å². The van der Waals surface area contributed by atoms with Crippen LogP contribution in [0.4, 0.5) is 0 Å². The average Bonchev–Trinajstić information content (AvgIpc) is 2.45. The van der Waals surface area contributed by atoms with Gasteiger partial charge < -0.3 is 10.1 Å². The average molecular weight is 305 g/mol. The predicted octanol–water partition coefficient (Wildman–Crippen LogP) is 4.12. The number of halogens is 1. The van der Waals surface area contributed by atoms with Gasteiger partial charge in [-0.25, -0.2) is 4.98 Å². The van der Waals surface area contributed by atoms with Crippen molar-refractivity contribution in [3.63, 3.8) is 0 Å². The van der Waals surface area contributed by atoms with E-state index in [1.165, 1.54) is 5.56 Å². The maximum absolute atomic E-state index is 5.86. The summed E-state index contributed by atoms with van der Waals surface area (Å²) in [5, 5.41) is 4.12. The van der Waals surface area contributed by atoms with Crippen molar-refractivity contribution in [2.75, 3.05) is 0 Å². The number of rotatable bonds is 6. The minimum Gasteiger partial charge on any atom is -0.473 e. The standard InChI is InChI=1S/C17H21ClN2O/c1-12(2)19-10-15-6-9-17(20-13(15)3)21-11-14-4-7-16(18)8-5-14/h4-9,12,19H,10-11H2,1-3H3. The maximum Gasteiger partial charge on any atom is 0.213 e. The minimum absolute atomic E-state index is 0.463. The Hall–Kier alpha value is -1.58. The molecule has 1 aromatic carbocycles. The van der Waals surface area contributed by atoms with Crippen molar-refractivity contribution in [2.24, 2.45) is 0 Å². The van der Waals surface area contributed by atoms with E-state index in [1.54, 1.807) is 0 Å². The third-order valence-electron chi connectivity index (χ3n) is 3.17. The zero-order valence-corrected chi connectivity index (χ0v) is 13.4. The van der Waals surface area contributed by atoms with E-state index in [-0.39, 0.29) is 0 Å². The van der Waals surface area contributed by atoms with Crippen LogP contribution in [0.1, 0.15) is 30.7 Å². The fraction of sp³-hybridized carbons (Fsp3) is 0.353. The van der Waals surface area contributed by atoms with E-state index in [2.05, 4.69) is 30.2 Å².